The number of amides is 1. The van der Waals surface area contributed by atoms with E-state index in [2.05, 4.69) is 29.6 Å². The van der Waals surface area contributed by atoms with Crippen LogP contribution in [0.2, 0.25) is 10.0 Å². The highest BCUT2D eigenvalue weighted by Crippen LogP contribution is 2.44. The maximum atomic E-state index is 12.2. The number of carbonyl (C=O) groups is 1. The van der Waals surface area contributed by atoms with Crippen molar-refractivity contribution in [3.63, 3.8) is 0 Å². The smallest absolute Gasteiger partial charge is 0.407 e. The van der Waals surface area contributed by atoms with Gasteiger partial charge in [-0.1, -0.05) is 71.7 Å². The third kappa shape index (κ3) is 4.25. The summed E-state index contributed by atoms with van der Waals surface area (Å²) in [6.07, 6.45) is -0.485. The number of fused-ring (bicyclic) bond motifs is 3. The van der Waals surface area contributed by atoms with Gasteiger partial charge in [0.1, 0.15) is 13.2 Å². The molecule has 3 aromatic rings. The number of benzene rings is 3. The Kier molecular flexibility index (Phi) is 6.16. The molecule has 0 saturated heterocycles. The lowest BCUT2D eigenvalue weighted by Crippen LogP contribution is -2.30. The molecule has 1 aliphatic carbocycles. The van der Waals surface area contributed by atoms with Crippen LogP contribution >= 0.6 is 23.2 Å². The van der Waals surface area contributed by atoms with E-state index in [1.54, 1.807) is 12.1 Å². The van der Waals surface area contributed by atoms with Gasteiger partial charge in [-0.25, -0.2) is 4.79 Å². The lowest BCUT2D eigenvalue weighted by molar-refractivity contribution is 0.141. The fourth-order valence-electron chi connectivity index (χ4n) is 3.78. The van der Waals surface area contributed by atoms with Crippen molar-refractivity contribution in [1.29, 1.82) is 0 Å². The van der Waals surface area contributed by atoms with E-state index in [0.29, 0.717) is 15.8 Å². The third-order valence-electron chi connectivity index (χ3n) is 5.10. The molecule has 0 aromatic heterocycles. The zero-order chi connectivity index (χ0) is 21.1. The summed E-state index contributed by atoms with van der Waals surface area (Å²) in [4.78, 5) is 12.2. The second kappa shape index (κ2) is 8.99. The first-order chi connectivity index (χ1) is 14.5. The van der Waals surface area contributed by atoms with Crippen LogP contribution in [0.3, 0.4) is 0 Å². The molecule has 0 saturated carbocycles. The SMILES string of the molecule is Cc1cc(Cl)c(OCCNC(=O)OCC2c3ccccc3-c3ccccc32)c(Cl)c1. The predicted octanol–water partition coefficient (Wildman–Crippen LogP) is 6.22. The van der Waals surface area contributed by atoms with Gasteiger partial charge < -0.3 is 14.8 Å². The van der Waals surface area contributed by atoms with Crippen LogP contribution in [-0.4, -0.2) is 25.9 Å². The Balaban J connectivity index is 1.30. The van der Waals surface area contributed by atoms with Crippen molar-refractivity contribution < 1.29 is 14.3 Å². The number of ether oxygens (including phenoxy) is 2. The van der Waals surface area contributed by atoms with E-state index in [1.165, 1.54) is 22.3 Å². The van der Waals surface area contributed by atoms with Gasteiger partial charge >= 0.3 is 6.09 Å². The molecule has 30 heavy (non-hydrogen) atoms. The van der Waals surface area contributed by atoms with Crippen LogP contribution in [0, 0.1) is 6.92 Å². The Morgan fingerprint density at radius 1 is 0.967 bits per heavy atom. The monoisotopic (exact) mass is 441 g/mol. The van der Waals surface area contributed by atoms with Crippen LogP contribution in [0.5, 0.6) is 5.75 Å². The van der Waals surface area contributed by atoms with Crippen LogP contribution < -0.4 is 10.1 Å². The van der Waals surface area contributed by atoms with Gasteiger partial charge in [-0.3, -0.25) is 0 Å². The number of aryl methyl sites for hydroxylation is 1. The molecule has 0 bridgehead atoms. The van der Waals surface area contributed by atoms with Gasteiger partial charge in [0.15, 0.2) is 5.75 Å². The molecule has 0 atom stereocenters. The normalized spacial score (nSPS) is 12.2. The van der Waals surface area contributed by atoms with Crippen molar-refractivity contribution in [2.24, 2.45) is 0 Å². The number of hydrogen-bond donors (Lipinski definition) is 1. The van der Waals surface area contributed by atoms with Gasteiger partial charge in [0.25, 0.3) is 0 Å². The van der Waals surface area contributed by atoms with Crippen molar-refractivity contribution in [2.75, 3.05) is 19.8 Å². The van der Waals surface area contributed by atoms with Gasteiger partial charge in [-0.15, -0.1) is 0 Å². The molecule has 1 N–H and O–H groups in total. The van der Waals surface area contributed by atoms with E-state index < -0.39 is 6.09 Å². The minimum Gasteiger partial charge on any atom is -0.489 e. The molecule has 4 rings (SSSR count). The van der Waals surface area contributed by atoms with Crippen LogP contribution in [0.4, 0.5) is 4.79 Å². The van der Waals surface area contributed by atoms with E-state index >= 15 is 0 Å². The average Bonchev–Trinajstić information content (AvgIpc) is 3.05. The first kappa shape index (κ1) is 20.6. The third-order valence-corrected chi connectivity index (χ3v) is 5.67. The predicted molar refractivity (Wildman–Crippen MR) is 120 cm³/mol. The molecule has 4 nitrogen and oxygen atoms in total. The summed E-state index contributed by atoms with van der Waals surface area (Å²) in [5.41, 5.74) is 5.70. The fraction of sp³-hybridized carbons (Fsp3) is 0.208. The molecule has 1 aliphatic rings. The molecule has 0 radical (unpaired) electrons. The second-order valence-corrected chi connectivity index (χ2v) is 7.97. The molecule has 3 aromatic carbocycles. The van der Waals surface area contributed by atoms with E-state index in [0.717, 1.165) is 5.56 Å². The van der Waals surface area contributed by atoms with Gasteiger partial charge in [-0.05, 0) is 46.9 Å². The lowest BCUT2D eigenvalue weighted by Gasteiger charge is -2.15. The van der Waals surface area contributed by atoms with E-state index in [9.17, 15) is 4.79 Å². The summed E-state index contributed by atoms with van der Waals surface area (Å²) in [5.74, 6) is 0.447. The summed E-state index contributed by atoms with van der Waals surface area (Å²) in [5, 5.41) is 3.59. The molecule has 154 valence electrons. The van der Waals surface area contributed by atoms with Crippen molar-refractivity contribution >= 4 is 29.3 Å². The highest BCUT2D eigenvalue weighted by atomic mass is 35.5. The summed E-state index contributed by atoms with van der Waals surface area (Å²) in [6, 6.07) is 20.0. The Morgan fingerprint density at radius 3 is 2.13 bits per heavy atom. The van der Waals surface area contributed by atoms with Crippen molar-refractivity contribution in [3.05, 3.63) is 87.4 Å². The molecule has 0 unspecified atom stereocenters. The number of hydrogen-bond acceptors (Lipinski definition) is 3. The lowest BCUT2D eigenvalue weighted by atomic mass is 9.98. The highest BCUT2D eigenvalue weighted by molar-refractivity contribution is 6.37. The number of carbonyl (C=O) groups excluding carboxylic acids is 1. The van der Waals surface area contributed by atoms with Crippen molar-refractivity contribution in [2.45, 2.75) is 12.8 Å². The van der Waals surface area contributed by atoms with E-state index in [-0.39, 0.29) is 25.7 Å². The summed E-state index contributed by atoms with van der Waals surface area (Å²) in [6.45, 7) is 2.68. The molecule has 0 spiro atoms. The first-order valence-corrected chi connectivity index (χ1v) is 10.5. The molecular weight excluding hydrogens is 421 g/mol. The Bertz CT molecular complexity index is 1020. The molecule has 0 heterocycles. The maximum absolute atomic E-state index is 12.2. The van der Waals surface area contributed by atoms with Gasteiger partial charge in [0.05, 0.1) is 16.6 Å². The standard InChI is InChI=1S/C24H21Cl2NO3/c1-15-12-21(25)23(22(26)13-15)29-11-10-27-24(28)30-14-20-18-8-4-2-6-16(18)17-7-3-5-9-19(17)20/h2-9,12-13,20H,10-11,14H2,1H3,(H,27,28). The van der Waals surface area contributed by atoms with Crippen molar-refractivity contribution in [3.8, 4) is 16.9 Å². The molecule has 0 fully saturated rings. The number of nitrogens with one attached hydrogen (secondary N) is 1. The fourth-order valence-corrected chi connectivity index (χ4v) is 4.49. The molecule has 1 amide bonds. The van der Waals surface area contributed by atoms with Gasteiger partial charge in [-0.2, -0.15) is 0 Å². The summed E-state index contributed by atoms with van der Waals surface area (Å²) in [7, 11) is 0. The number of alkyl carbamates (subject to hydrolysis) is 1. The highest BCUT2D eigenvalue weighted by Gasteiger charge is 2.28. The molecule has 6 heteroatoms. The minimum absolute atomic E-state index is 0.0320. The quantitative estimate of drug-likeness (QED) is 0.461. The van der Waals surface area contributed by atoms with Gasteiger partial charge in [0, 0.05) is 5.92 Å². The molecule has 0 aliphatic heterocycles. The van der Waals surface area contributed by atoms with E-state index in [4.69, 9.17) is 32.7 Å². The molecular formula is C24H21Cl2NO3. The average molecular weight is 442 g/mol. The van der Waals surface area contributed by atoms with Crippen molar-refractivity contribution in [1.82, 2.24) is 5.32 Å². The van der Waals surface area contributed by atoms with Gasteiger partial charge in [0.2, 0.25) is 0 Å². The Labute approximate surface area is 185 Å². The summed E-state index contributed by atoms with van der Waals surface area (Å²) >= 11 is 12.3. The Morgan fingerprint density at radius 2 is 1.53 bits per heavy atom. The van der Waals surface area contributed by atoms with Crippen LogP contribution in [0.1, 0.15) is 22.6 Å². The number of rotatable bonds is 6. The zero-order valence-electron chi connectivity index (χ0n) is 16.5. The minimum atomic E-state index is -0.485. The maximum Gasteiger partial charge on any atom is 0.407 e. The second-order valence-electron chi connectivity index (χ2n) is 7.16. The zero-order valence-corrected chi connectivity index (χ0v) is 18.0. The Hall–Kier alpha value is -2.69. The van der Waals surface area contributed by atoms with Crippen LogP contribution in [0.25, 0.3) is 11.1 Å². The first-order valence-electron chi connectivity index (χ1n) is 9.72. The topological polar surface area (TPSA) is 47.6 Å². The summed E-state index contributed by atoms with van der Waals surface area (Å²) < 4.78 is 11.1. The van der Waals surface area contributed by atoms with Crippen LogP contribution in [-0.2, 0) is 4.74 Å². The number of halogens is 2. The van der Waals surface area contributed by atoms with Crippen LogP contribution in [0.15, 0.2) is 60.7 Å². The largest absolute Gasteiger partial charge is 0.489 e. The van der Waals surface area contributed by atoms with E-state index in [1.807, 2.05) is 31.2 Å².